The van der Waals surface area contributed by atoms with Gasteiger partial charge in [0.15, 0.2) is 0 Å². The molecule has 0 saturated heterocycles. The van der Waals surface area contributed by atoms with E-state index in [1.165, 1.54) is 14.1 Å². The van der Waals surface area contributed by atoms with E-state index in [-0.39, 0.29) is 0 Å². The van der Waals surface area contributed by atoms with Gasteiger partial charge >= 0.3 is 13.2 Å². The second kappa shape index (κ2) is 9.33. The summed E-state index contributed by atoms with van der Waals surface area (Å²) in [6.07, 6.45) is 0. The fourth-order valence-corrected chi connectivity index (χ4v) is 1.70. The molecule has 0 aliphatic heterocycles. The molecule has 0 aliphatic rings. The van der Waals surface area contributed by atoms with E-state index >= 15 is 0 Å². The molecule has 0 N–H and O–H groups in total. The highest BCUT2D eigenvalue weighted by Gasteiger charge is 2.04. The quantitative estimate of drug-likeness (QED) is 0.553. The van der Waals surface area contributed by atoms with Gasteiger partial charge in [0.05, 0.1) is 0 Å². The van der Waals surface area contributed by atoms with Crippen LogP contribution in [0, 0.1) is 3.57 Å². The third-order valence-corrected chi connectivity index (χ3v) is 5.96. The highest BCUT2D eigenvalue weighted by molar-refractivity contribution is 14.1. The number of benzene rings is 1. The molecule has 3 heteroatoms. The minimum atomic E-state index is -0.688. The average Bonchev–Trinajstić information content (AvgIpc) is 2.19. The van der Waals surface area contributed by atoms with Crippen LogP contribution in [0.3, 0.4) is 0 Å². The van der Waals surface area contributed by atoms with E-state index in [4.69, 9.17) is 10.0 Å². The highest BCUT2D eigenvalue weighted by Crippen LogP contribution is 2.00. The third kappa shape index (κ3) is 9.09. The van der Waals surface area contributed by atoms with Gasteiger partial charge in [-0.05, 0) is 34.7 Å². The summed E-state index contributed by atoms with van der Waals surface area (Å²) in [5.74, 6) is 0. The molecular formula is C10H15AlClI. The molecule has 0 spiro atoms. The summed E-state index contributed by atoms with van der Waals surface area (Å²) >= 11 is 1.59. The Morgan fingerprint density at radius 3 is 1.77 bits per heavy atom. The minimum Gasteiger partial charge on any atom is -0.261 e. The maximum absolute atomic E-state index is 5.79. The topological polar surface area (TPSA) is 0 Å². The molecule has 0 fully saturated rings. The first kappa shape index (κ1) is 13.8. The number of rotatable bonds is 2. The largest absolute Gasteiger partial charge is 0.399 e. The van der Waals surface area contributed by atoms with E-state index in [9.17, 15) is 0 Å². The van der Waals surface area contributed by atoms with Crippen LogP contribution in [0.1, 0.15) is 13.8 Å². The lowest BCUT2D eigenvalue weighted by molar-refractivity contribution is 1.35. The first-order chi connectivity index (χ1) is 6.20. The molecule has 72 valence electrons. The lowest BCUT2D eigenvalue weighted by atomic mass is 10.4. The van der Waals surface area contributed by atoms with Gasteiger partial charge in [0.1, 0.15) is 0 Å². The van der Waals surface area contributed by atoms with Crippen molar-refractivity contribution in [2.24, 2.45) is 0 Å². The van der Waals surface area contributed by atoms with E-state index in [2.05, 4.69) is 48.6 Å². The predicted octanol–water partition coefficient (Wildman–Crippen LogP) is 4.55. The Bertz CT molecular complexity index is 199. The van der Waals surface area contributed by atoms with Crippen LogP contribution in [0.2, 0.25) is 10.6 Å². The summed E-state index contributed by atoms with van der Waals surface area (Å²) in [6, 6.07) is 10.2. The van der Waals surface area contributed by atoms with Crippen LogP contribution in [0.4, 0.5) is 0 Å². The molecular weight excluding hydrogens is 309 g/mol. The molecule has 0 bridgehead atoms. The minimum absolute atomic E-state index is 0.688. The van der Waals surface area contributed by atoms with Crippen molar-refractivity contribution < 1.29 is 0 Å². The van der Waals surface area contributed by atoms with Gasteiger partial charge in [-0.2, -0.15) is 0 Å². The number of halogens is 2. The lowest BCUT2D eigenvalue weighted by Gasteiger charge is -1.86. The van der Waals surface area contributed by atoms with Crippen LogP contribution < -0.4 is 0 Å². The Hall–Kier alpha value is 0.772. The van der Waals surface area contributed by atoms with Crippen molar-refractivity contribution in [3.8, 4) is 0 Å². The van der Waals surface area contributed by atoms with Crippen molar-refractivity contribution in [2.75, 3.05) is 0 Å². The van der Waals surface area contributed by atoms with E-state index in [1.807, 2.05) is 18.2 Å². The Morgan fingerprint density at radius 1 is 1.15 bits per heavy atom. The van der Waals surface area contributed by atoms with Crippen LogP contribution in [0.5, 0.6) is 0 Å². The number of hydrogen-bond acceptors (Lipinski definition) is 0. The summed E-state index contributed by atoms with van der Waals surface area (Å²) in [4.78, 5) is 0. The van der Waals surface area contributed by atoms with Crippen molar-refractivity contribution in [1.82, 2.24) is 0 Å². The van der Waals surface area contributed by atoms with Crippen molar-refractivity contribution in [3.63, 3.8) is 0 Å². The van der Waals surface area contributed by atoms with Crippen molar-refractivity contribution in [3.05, 3.63) is 33.9 Å². The molecule has 13 heavy (non-hydrogen) atoms. The van der Waals surface area contributed by atoms with Gasteiger partial charge in [0.2, 0.25) is 0 Å². The van der Waals surface area contributed by atoms with Crippen LogP contribution in [-0.4, -0.2) is 13.2 Å². The molecule has 1 aromatic carbocycles. The summed E-state index contributed by atoms with van der Waals surface area (Å²) in [7, 11) is 5.79. The van der Waals surface area contributed by atoms with Crippen LogP contribution in [0.25, 0.3) is 0 Å². The molecule has 0 saturated carbocycles. The molecule has 0 nitrogen and oxygen atoms in total. The maximum Gasteiger partial charge on any atom is 0.399 e. The second-order valence-electron chi connectivity index (χ2n) is 2.71. The monoisotopic (exact) mass is 324 g/mol. The summed E-state index contributed by atoms with van der Waals surface area (Å²) in [6.45, 7) is 4.32. The van der Waals surface area contributed by atoms with Gasteiger partial charge in [-0.25, -0.2) is 0 Å². The summed E-state index contributed by atoms with van der Waals surface area (Å²) < 4.78 is 1.29. The Morgan fingerprint density at radius 2 is 1.62 bits per heavy atom. The smallest absolute Gasteiger partial charge is 0.261 e. The Balaban J connectivity index is 0.000000226. The standard InChI is InChI=1S/C6H5I.2C2H5.Al.ClH/c7-6-4-2-1-3-5-6;2*1-2;;/h1-5H;2*1H2,2H3;;1H/q;;;+1;/p-1. The molecule has 0 amide bonds. The normalized spacial score (nSPS) is 8.62. The molecule has 0 radical (unpaired) electrons. The van der Waals surface area contributed by atoms with Gasteiger partial charge in [-0.15, -0.1) is 0 Å². The first-order valence-corrected chi connectivity index (χ1v) is 9.01. The van der Waals surface area contributed by atoms with Gasteiger partial charge in [0, 0.05) is 3.57 Å². The fourth-order valence-electron chi connectivity index (χ4n) is 0.703. The fraction of sp³-hybridized carbons (Fsp3) is 0.400. The van der Waals surface area contributed by atoms with Crippen molar-refractivity contribution in [1.29, 1.82) is 0 Å². The van der Waals surface area contributed by atoms with Crippen LogP contribution >= 0.6 is 32.6 Å². The van der Waals surface area contributed by atoms with Crippen molar-refractivity contribution in [2.45, 2.75) is 24.4 Å². The molecule has 1 rings (SSSR count). The molecule has 0 aliphatic carbocycles. The maximum atomic E-state index is 5.79. The molecule has 0 unspecified atom stereocenters. The Kier molecular flexibility index (Phi) is 9.89. The second-order valence-corrected chi connectivity index (χ2v) is 8.63. The van der Waals surface area contributed by atoms with Crippen LogP contribution in [0.15, 0.2) is 30.3 Å². The Labute approximate surface area is 103 Å². The third-order valence-electron chi connectivity index (χ3n) is 1.62. The van der Waals surface area contributed by atoms with E-state index in [1.54, 1.807) is 0 Å². The van der Waals surface area contributed by atoms with Crippen LogP contribution in [-0.2, 0) is 0 Å². The SMILES string of the molecule is C[CH2][Al]([Cl])[CH2]C.Ic1ccccc1. The predicted molar refractivity (Wildman–Crippen MR) is 71.7 cm³/mol. The molecule has 0 atom stereocenters. The highest BCUT2D eigenvalue weighted by atomic mass is 127. The summed E-state index contributed by atoms with van der Waals surface area (Å²) in [5.41, 5.74) is 0. The van der Waals surface area contributed by atoms with Gasteiger partial charge in [-0.3, -0.25) is 10.0 Å². The van der Waals surface area contributed by atoms with Gasteiger partial charge < -0.3 is 0 Å². The lowest BCUT2D eigenvalue weighted by Crippen LogP contribution is -1.95. The van der Waals surface area contributed by atoms with Crippen molar-refractivity contribution >= 4 is 45.9 Å². The number of hydrogen-bond donors (Lipinski definition) is 0. The van der Waals surface area contributed by atoms with E-state index < -0.39 is 13.2 Å². The van der Waals surface area contributed by atoms with E-state index in [0.717, 1.165) is 0 Å². The molecule has 0 aromatic heterocycles. The average molecular weight is 325 g/mol. The van der Waals surface area contributed by atoms with Gasteiger partial charge in [-0.1, -0.05) is 42.6 Å². The zero-order chi connectivity index (χ0) is 10.1. The summed E-state index contributed by atoms with van der Waals surface area (Å²) in [5, 5.41) is 2.47. The van der Waals surface area contributed by atoms with Gasteiger partial charge in [0.25, 0.3) is 0 Å². The molecule has 0 heterocycles. The zero-order valence-corrected chi connectivity index (χ0v) is 12.2. The van der Waals surface area contributed by atoms with E-state index in [0.29, 0.717) is 0 Å². The first-order valence-electron chi connectivity index (χ1n) is 4.55. The zero-order valence-electron chi connectivity index (χ0n) is 8.13. The molecule has 1 aromatic rings.